The van der Waals surface area contributed by atoms with E-state index in [1.807, 2.05) is 30.3 Å². The Bertz CT molecular complexity index is 809. The molecule has 21 heavy (non-hydrogen) atoms. The molecule has 2 N–H and O–H groups in total. The van der Waals surface area contributed by atoms with E-state index in [1.165, 1.54) is 0 Å². The minimum absolute atomic E-state index is 0.161. The zero-order valence-electron chi connectivity index (χ0n) is 11.8. The normalized spacial score (nSPS) is 12.5. The van der Waals surface area contributed by atoms with E-state index in [0.717, 1.165) is 21.5 Å². The molecular formula is C18H17NO2. The van der Waals surface area contributed by atoms with E-state index in [-0.39, 0.29) is 12.5 Å². The highest BCUT2D eigenvalue weighted by molar-refractivity contribution is 6.10. The highest BCUT2D eigenvalue weighted by Crippen LogP contribution is 2.26. The zero-order chi connectivity index (χ0) is 14.8. The van der Waals surface area contributed by atoms with E-state index >= 15 is 0 Å². The van der Waals surface area contributed by atoms with Crippen LogP contribution in [0.3, 0.4) is 0 Å². The number of fused-ring (bicyclic) bond motifs is 3. The first kappa shape index (κ1) is 13.6. The number of hydrogen-bond donors (Lipinski definition) is 2. The van der Waals surface area contributed by atoms with Gasteiger partial charge in [0, 0.05) is 12.1 Å². The molecule has 0 aliphatic heterocycles. The Labute approximate surface area is 123 Å². The summed E-state index contributed by atoms with van der Waals surface area (Å²) < 4.78 is 0. The monoisotopic (exact) mass is 279 g/mol. The van der Waals surface area contributed by atoms with E-state index in [4.69, 9.17) is 0 Å². The molecule has 0 aliphatic carbocycles. The number of rotatable bonds is 3. The Balaban J connectivity index is 2.06. The van der Waals surface area contributed by atoms with Gasteiger partial charge in [-0.25, -0.2) is 0 Å². The molecule has 0 spiro atoms. The lowest BCUT2D eigenvalue weighted by Crippen LogP contribution is -2.30. The van der Waals surface area contributed by atoms with Gasteiger partial charge in [0.05, 0.1) is 6.10 Å². The smallest absolute Gasteiger partial charge is 0.251 e. The van der Waals surface area contributed by atoms with Gasteiger partial charge in [-0.2, -0.15) is 0 Å². The Hall–Kier alpha value is -2.39. The van der Waals surface area contributed by atoms with Crippen molar-refractivity contribution >= 4 is 27.5 Å². The first-order valence-corrected chi connectivity index (χ1v) is 7.03. The number of hydrogen-bond acceptors (Lipinski definition) is 2. The summed E-state index contributed by atoms with van der Waals surface area (Å²) >= 11 is 0. The molecule has 1 amide bonds. The average molecular weight is 279 g/mol. The summed E-state index contributed by atoms with van der Waals surface area (Å²) in [6.07, 6.45) is -0.546. The van der Waals surface area contributed by atoms with Crippen LogP contribution in [0.2, 0.25) is 0 Å². The average Bonchev–Trinajstić information content (AvgIpc) is 2.52. The van der Waals surface area contributed by atoms with Crippen molar-refractivity contribution in [2.75, 3.05) is 6.54 Å². The van der Waals surface area contributed by atoms with Gasteiger partial charge in [0.1, 0.15) is 0 Å². The number of amides is 1. The predicted octanol–water partition coefficient (Wildman–Crippen LogP) is 3.10. The summed E-state index contributed by atoms with van der Waals surface area (Å²) in [5.74, 6) is -0.161. The van der Waals surface area contributed by atoms with Crippen LogP contribution in [-0.2, 0) is 0 Å². The molecule has 0 unspecified atom stereocenters. The molecule has 106 valence electrons. The van der Waals surface area contributed by atoms with Gasteiger partial charge in [-0.15, -0.1) is 0 Å². The summed E-state index contributed by atoms with van der Waals surface area (Å²) in [7, 11) is 0. The maximum atomic E-state index is 12.1. The van der Waals surface area contributed by atoms with Gasteiger partial charge in [-0.3, -0.25) is 4.79 Å². The fourth-order valence-corrected chi connectivity index (χ4v) is 2.49. The third kappa shape index (κ3) is 2.73. The molecule has 3 aromatic rings. The molecule has 0 radical (unpaired) electrons. The molecule has 1 atom stereocenters. The van der Waals surface area contributed by atoms with Crippen molar-refractivity contribution in [2.45, 2.75) is 13.0 Å². The second-order valence-electron chi connectivity index (χ2n) is 5.28. The van der Waals surface area contributed by atoms with Crippen molar-refractivity contribution in [3.8, 4) is 0 Å². The summed E-state index contributed by atoms with van der Waals surface area (Å²) in [5.41, 5.74) is 0.611. The summed E-state index contributed by atoms with van der Waals surface area (Å²) in [5, 5.41) is 16.4. The van der Waals surface area contributed by atoms with E-state index in [1.54, 1.807) is 6.92 Å². The van der Waals surface area contributed by atoms with Crippen molar-refractivity contribution in [3.05, 3.63) is 60.2 Å². The fourth-order valence-electron chi connectivity index (χ4n) is 2.49. The van der Waals surface area contributed by atoms with E-state index < -0.39 is 6.10 Å². The summed E-state index contributed by atoms with van der Waals surface area (Å²) in [6.45, 7) is 1.90. The lowest BCUT2D eigenvalue weighted by atomic mass is 10.00. The number of aliphatic hydroxyl groups is 1. The molecule has 0 aromatic heterocycles. The standard InChI is InChI=1S/C18H17NO2/c1-12(20)11-19-18(21)15-9-8-14-7-6-13-4-2-3-5-16(13)17(14)10-15/h2-10,12,20H,11H2,1H3,(H,19,21)/t12-/m0/s1. The SMILES string of the molecule is C[C@H](O)CNC(=O)c1ccc2ccc3ccccc3c2c1. The number of benzene rings is 3. The number of carbonyl (C=O) groups excluding carboxylic acids is 1. The topological polar surface area (TPSA) is 49.3 Å². The predicted molar refractivity (Wildman–Crippen MR) is 85.5 cm³/mol. The third-order valence-corrected chi connectivity index (χ3v) is 3.57. The Morgan fingerprint density at radius 1 is 1.05 bits per heavy atom. The van der Waals surface area contributed by atoms with E-state index in [0.29, 0.717) is 5.56 Å². The first-order valence-electron chi connectivity index (χ1n) is 7.03. The Morgan fingerprint density at radius 3 is 2.48 bits per heavy atom. The molecule has 3 heteroatoms. The highest BCUT2D eigenvalue weighted by Gasteiger charge is 2.08. The van der Waals surface area contributed by atoms with E-state index in [9.17, 15) is 9.90 Å². The fraction of sp³-hybridized carbons (Fsp3) is 0.167. The van der Waals surface area contributed by atoms with Gasteiger partial charge in [0.2, 0.25) is 0 Å². The van der Waals surface area contributed by atoms with Gasteiger partial charge >= 0.3 is 0 Å². The molecule has 3 rings (SSSR count). The van der Waals surface area contributed by atoms with Crippen LogP contribution in [0.15, 0.2) is 54.6 Å². The largest absolute Gasteiger partial charge is 0.392 e. The number of carbonyl (C=O) groups is 1. The number of aliphatic hydroxyl groups excluding tert-OH is 1. The van der Waals surface area contributed by atoms with Crippen molar-refractivity contribution in [2.24, 2.45) is 0 Å². The molecular weight excluding hydrogens is 262 g/mol. The summed E-state index contributed by atoms with van der Waals surface area (Å²) in [6, 6.07) is 18.0. The van der Waals surface area contributed by atoms with Crippen LogP contribution in [-0.4, -0.2) is 23.7 Å². The molecule has 3 aromatic carbocycles. The maximum Gasteiger partial charge on any atom is 0.251 e. The van der Waals surface area contributed by atoms with Gasteiger partial charge in [-0.1, -0.05) is 42.5 Å². The van der Waals surface area contributed by atoms with E-state index in [2.05, 4.69) is 29.6 Å². The maximum absolute atomic E-state index is 12.1. The molecule has 0 heterocycles. The lowest BCUT2D eigenvalue weighted by Gasteiger charge is -2.09. The quantitative estimate of drug-likeness (QED) is 0.724. The van der Waals surface area contributed by atoms with Crippen LogP contribution >= 0.6 is 0 Å². The Kier molecular flexibility index (Phi) is 3.59. The van der Waals surface area contributed by atoms with Crippen molar-refractivity contribution in [1.82, 2.24) is 5.32 Å². The molecule has 0 saturated heterocycles. The van der Waals surface area contributed by atoms with Crippen LogP contribution in [0.5, 0.6) is 0 Å². The zero-order valence-corrected chi connectivity index (χ0v) is 11.8. The lowest BCUT2D eigenvalue weighted by molar-refractivity contribution is 0.0924. The van der Waals surface area contributed by atoms with Gasteiger partial charge in [-0.05, 0) is 40.6 Å². The number of nitrogens with one attached hydrogen (secondary N) is 1. The first-order chi connectivity index (χ1) is 10.1. The van der Waals surface area contributed by atoms with Crippen LogP contribution in [0, 0.1) is 0 Å². The van der Waals surface area contributed by atoms with Gasteiger partial charge < -0.3 is 10.4 Å². The molecule has 3 nitrogen and oxygen atoms in total. The van der Waals surface area contributed by atoms with Crippen LogP contribution < -0.4 is 5.32 Å². The molecule has 0 fully saturated rings. The van der Waals surface area contributed by atoms with Gasteiger partial charge in [0.15, 0.2) is 0 Å². The van der Waals surface area contributed by atoms with Crippen LogP contribution in [0.1, 0.15) is 17.3 Å². The third-order valence-electron chi connectivity index (χ3n) is 3.57. The van der Waals surface area contributed by atoms with Gasteiger partial charge in [0.25, 0.3) is 5.91 Å². The second-order valence-corrected chi connectivity index (χ2v) is 5.28. The van der Waals surface area contributed by atoms with Crippen LogP contribution in [0.4, 0.5) is 0 Å². The van der Waals surface area contributed by atoms with Crippen molar-refractivity contribution < 1.29 is 9.90 Å². The van der Waals surface area contributed by atoms with Crippen molar-refractivity contribution in [3.63, 3.8) is 0 Å². The summed E-state index contributed by atoms with van der Waals surface area (Å²) in [4.78, 5) is 12.1. The van der Waals surface area contributed by atoms with Crippen molar-refractivity contribution in [1.29, 1.82) is 0 Å². The highest BCUT2D eigenvalue weighted by atomic mass is 16.3. The molecule has 0 bridgehead atoms. The minimum Gasteiger partial charge on any atom is -0.392 e. The minimum atomic E-state index is -0.546. The molecule has 0 saturated carbocycles. The van der Waals surface area contributed by atoms with Crippen LogP contribution in [0.25, 0.3) is 21.5 Å². The second kappa shape index (κ2) is 5.54. The molecule has 0 aliphatic rings. The Morgan fingerprint density at radius 2 is 1.71 bits per heavy atom.